The Morgan fingerprint density at radius 2 is 2.17 bits per heavy atom. The summed E-state index contributed by atoms with van der Waals surface area (Å²) in [5.74, 6) is 0.795. The van der Waals surface area contributed by atoms with Crippen molar-refractivity contribution >= 4 is 28.4 Å². The van der Waals surface area contributed by atoms with Gasteiger partial charge in [0.2, 0.25) is 5.91 Å². The number of aryl methyl sites for hydroxylation is 2. The van der Waals surface area contributed by atoms with Gasteiger partial charge in [0.25, 0.3) is 0 Å². The number of hydrogen-bond donors (Lipinski definition) is 1. The molecule has 1 atom stereocenters. The van der Waals surface area contributed by atoms with Crippen molar-refractivity contribution in [1.29, 1.82) is 5.26 Å². The Morgan fingerprint density at radius 1 is 1.33 bits per heavy atom. The fourth-order valence-corrected chi connectivity index (χ4v) is 3.96. The van der Waals surface area contributed by atoms with Crippen molar-refractivity contribution in [1.82, 2.24) is 24.8 Å². The van der Waals surface area contributed by atoms with Crippen molar-refractivity contribution in [2.24, 2.45) is 7.05 Å². The van der Waals surface area contributed by atoms with Gasteiger partial charge in [-0.2, -0.15) is 5.26 Å². The second kappa shape index (κ2) is 8.13. The maximum atomic E-state index is 11.8. The Morgan fingerprint density at radius 3 is 2.90 bits per heavy atom. The minimum Gasteiger partial charge on any atom is -0.354 e. The molecule has 0 aliphatic carbocycles. The summed E-state index contributed by atoms with van der Waals surface area (Å²) in [5, 5.41) is 12.6. The zero-order valence-electron chi connectivity index (χ0n) is 17.5. The third-order valence-corrected chi connectivity index (χ3v) is 5.66. The molecule has 1 unspecified atom stereocenters. The number of hydrogen-bond acceptors (Lipinski definition) is 6. The lowest BCUT2D eigenvalue weighted by Crippen LogP contribution is -2.48. The maximum Gasteiger partial charge on any atom is 0.234 e. The molecule has 1 aromatic carbocycles. The predicted molar refractivity (Wildman–Crippen MR) is 115 cm³/mol. The van der Waals surface area contributed by atoms with E-state index in [1.54, 1.807) is 12.5 Å². The van der Waals surface area contributed by atoms with Crippen LogP contribution >= 0.6 is 0 Å². The molecule has 3 heterocycles. The molecule has 1 N–H and O–H groups in total. The Kier molecular flexibility index (Phi) is 5.38. The molecule has 8 nitrogen and oxygen atoms in total. The number of piperazine rings is 1. The highest BCUT2D eigenvalue weighted by Gasteiger charge is 2.26. The molecule has 2 aromatic heterocycles. The first-order chi connectivity index (χ1) is 14.5. The number of amides is 1. The van der Waals surface area contributed by atoms with Gasteiger partial charge in [-0.05, 0) is 23.6 Å². The van der Waals surface area contributed by atoms with Gasteiger partial charge in [0.1, 0.15) is 17.4 Å². The van der Waals surface area contributed by atoms with Crippen molar-refractivity contribution in [3.05, 3.63) is 47.9 Å². The Labute approximate surface area is 175 Å². The zero-order chi connectivity index (χ0) is 21.3. The van der Waals surface area contributed by atoms with E-state index in [0.717, 1.165) is 40.1 Å². The molecule has 8 heteroatoms. The SMILES string of the molecule is CCc1cc(C(C#N)N2CCNC(=O)C2)ccc1N(C)c1cc2c(cn1)ncn2C. The van der Waals surface area contributed by atoms with E-state index in [2.05, 4.69) is 39.2 Å². The number of imidazole rings is 1. The lowest BCUT2D eigenvalue weighted by atomic mass is 9.99. The molecule has 4 rings (SSSR count). The van der Waals surface area contributed by atoms with Gasteiger partial charge in [0.15, 0.2) is 0 Å². The monoisotopic (exact) mass is 403 g/mol. The van der Waals surface area contributed by atoms with E-state index in [4.69, 9.17) is 0 Å². The largest absolute Gasteiger partial charge is 0.354 e. The molecule has 30 heavy (non-hydrogen) atoms. The molecular weight excluding hydrogens is 378 g/mol. The van der Waals surface area contributed by atoms with E-state index in [1.165, 1.54) is 0 Å². The van der Waals surface area contributed by atoms with E-state index in [1.807, 2.05) is 41.8 Å². The fourth-order valence-electron chi connectivity index (χ4n) is 3.96. The van der Waals surface area contributed by atoms with Gasteiger partial charge >= 0.3 is 0 Å². The van der Waals surface area contributed by atoms with Gasteiger partial charge in [-0.25, -0.2) is 9.97 Å². The lowest BCUT2D eigenvalue weighted by molar-refractivity contribution is -0.124. The van der Waals surface area contributed by atoms with Crippen LogP contribution in [0.3, 0.4) is 0 Å². The standard InChI is InChI=1S/C22H25N7O/c1-4-15-9-16(20(11-23)29-8-7-24-22(30)13-29)5-6-18(15)28(3)21-10-19-17(12-25-21)26-14-27(19)2/h5-6,9-10,12,14,20H,4,7-8,13H2,1-3H3,(H,24,30). The van der Waals surface area contributed by atoms with Gasteiger partial charge in [0.05, 0.1) is 30.7 Å². The first-order valence-corrected chi connectivity index (χ1v) is 10.1. The molecule has 0 radical (unpaired) electrons. The van der Waals surface area contributed by atoms with Crippen LogP contribution in [0, 0.1) is 11.3 Å². The summed E-state index contributed by atoms with van der Waals surface area (Å²) < 4.78 is 1.98. The molecule has 1 saturated heterocycles. The summed E-state index contributed by atoms with van der Waals surface area (Å²) in [7, 11) is 3.96. The van der Waals surface area contributed by atoms with E-state index in [9.17, 15) is 10.1 Å². The lowest BCUT2D eigenvalue weighted by Gasteiger charge is -2.31. The van der Waals surface area contributed by atoms with Crippen molar-refractivity contribution < 1.29 is 4.79 Å². The van der Waals surface area contributed by atoms with Crippen LogP contribution in [0.2, 0.25) is 0 Å². The van der Waals surface area contributed by atoms with Crippen molar-refractivity contribution in [2.45, 2.75) is 19.4 Å². The second-order valence-electron chi connectivity index (χ2n) is 7.54. The first-order valence-electron chi connectivity index (χ1n) is 10.1. The number of aromatic nitrogens is 3. The van der Waals surface area contributed by atoms with Crippen LogP contribution < -0.4 is 10.2 Å². The minimum atomic E-state index is -0.440. The predicted octanol–water partition coefficient (Wildman–Crippen LogP) is 2.30. The van der Waals surface area contributed by atoms with Crippen LogP contribution in [0.25, 0.3) is 11.0 Å². The molecule has 3 aromatic rings. The summed E-state index contributed by atoms with van der Waals surface area (Å²) in [4.78, 5) is 24.7. The molecule has 1 fully saturated rings. The smallest absolute Gasteiger partial charge is 0.234 e. The molecule has 0 bridgehead atoms. The highest BCUT2D eigenvalue weighted by atomic mass is 16.2. The normalized spacial score (nSPS) is 15.6. The number of nitriles is 1. The Balaban J connectivity index is 1.66. The number of pyridine rings is 1. The van der Waals surface area contributed by atoms with Gasteiger partial charge < -0.3 is 14.8 Å². The molecule has 154 valence electrons. The van der Waals surface area contributed by atoms with Crippen LogP contribution in [-0.4, -0.2) is 52.0 Å². The number of carbonyl (C=O) groups is 1. The fraction of sp³-hybridized carbons (Fsp3) is 0.364. The van der Waals surface area contributed by atoms with Crippen LogP contribution in [0.4, 0.5) is 11.5 Å². The summed E-state index contributed by atoms with van der Waals surface area (Å²) >= 11 is 0. The zero-order valence-corrected chi connectivity index (χ0v) is 17.5. The summed E-state index contributed by atoms with van der Waals surface area (Å²) in [5.41, 5.74) is 4.97. The third kappa shape index (κ3) is 3.60. The summed E-state index contributed by atoms with van der Waals surface area (Å²) in [6.45, 7) is 3.59. The van der Waals surface area contributed by atoms with Gasteiger partial charge in [-0.15, -0.1) is 0 Å². The number of benzene rings is 1. The average molecular weight is 403 g/mol. The van der Waals surface area contributed by atoms with E-state index in [0.29, 0.717) is 13.1 Å². The summed E-state index contributed by atoms with van der Waals surface area (Å²) in [6, 6.07) is 10.1. The Hall–Kier alpha value is -3.44. The Bertz CT molecular complexity index is 1130. The van der Waals surface area contributed by atoms with Crippen molar-refractivity contribution in [3.8, 4) is 6.07 Å². The number of nitrogens with one attached hydrogen (secondary N) is 1. The van der Waals surface area contributed by atoms with Crippen LogP contribution in [0.15, 0.2) is 36.8 Å². The molecule has 1 amide bonds. The van der Waals surface area contributed by atoms with E-state index >= 15 is 0 Å². The number of fused-ring (bicyclic) bond motifs is 1. The van der Waals surface area contributed by atoms with Gasteiger partial charge in [-0.1, -0.05) is 19.1 Å². The maximum absolute atomic E-state index is 11.8. The van der Waals surface area contributed by atoms with Crippen molar-refractivity contribution in [2.75, 3.05) is 31.6 Å². The van der Waals surface area contributed by atoms with E-state index in [-0.39, 0.29) is 12.5 Å². The van der Waals surface area contributed by atoms with E-state index < -0.39 is 6.04 Å². The number of anilines is 2. The van der Waals surface area contributed by atoms with Crippen LogP contribution in [0.5, 0.6) is 0 Å². The quantitative estimate of drug-likeness (QED) is 0.703. The van der Waals surface area contributed by atoms with Gasteiger partial charge in [-0.3, -0.25) is 9.69 Å². The number of carbonyl (C=O) groups excluding carboxylic acids is 1. The summed E-state index contributed by atoms with van der Waals surface area (Å²) in [6.07, 6.45) is 4.39. The average Bonchev–Trinajstić information content (AvgIpc) is 3.14. The van der Waals surface area contributed by atoms with Gasteiger partial charge in [0, 0.05) is 38.9 Å². The van der Waals surface area contributed by atoms with Crippen LogP contribution in [0.1, 0.15) is 24.1 Å². The van der Waals surface area contributed by atoms with Crippen molar-refractivity contribution in [3.63, 3.8) is 0 Å². The highest BCUT2D eigenvalue weighted by molar-refractivity contribution is 5.79. The molecule has 1 aliphatic rings. The highest BCUT2D eigenvalue weighted by Crippen LogP contribution is 2.31. The second-order valence-corrected chi connectivity index (χ2v) is 7.54. The molecule has 0 saturated carbocycles. The first kappa shape index (κ1) is 19.9. The van der Waals surface area contributed by atoms with Crippen LogP contribution in [-0.2, 0) is 18.3 Å². The molecular formula is C22H25N7O. The third-order valence-electron chi connectivity index (χ3n) is 5.66. The topological polar surface area (TPSA) is 90.1 Å². The minimum absolute atomic E-state index is 0.0369. The number of nitrogens with zero attached hydrogens (tertiary/aromatic N) is 6. The molecule has 0 spiro atoms. The number of rotatable bonds is 5. The molecule has 1 aliphatic heterocycles.